The van der Waals surface area contributed by atoms with Gasteiger partial charge < -0.3 is 20.4 Å². The number of β-lactam (4-membered cyclic amide) rings is 1. The fraction of sp³-hybridized carbons (Fsp3) is 0.733. The minimum absolute atomic E-state index is 0.00510. The first-order valence-corrected chi connectivity index (χ1v) is 11.1. The predicted octanol–water partition coefficient (Wildman–Crippen LogP) is -1.60. The van der Waals surface area contributed by atoms with Crippen LogP contribution in [-0.2, 0) is 19.8 Å². The molecule has 6 atom stereocenters. The van der Waals surface area contributed by atoms with Crippen molar-refractivity contribution in [1.29, 1.82) is 0 Å². The lowest BCUT2D eigenvalue weighted by Crippen LogP contribution is -2.63. The van der Waals surface area contributed by atoms with Gasteiger partial charge in [-0.25, -0.2) is 14.7 Å². The van der Waals surface area contributed by atoms with Gasteiger partial charge in [0.25, 0.3) is 10.2 Å². The number of amides is 1. The first kappa shape index (κ1) is 20.6. The molecule has 0 spiro atoms. The number of carbonyl (C=O) groups is 2. The van der Waals surface area contributed by atoms with Crippen molar-refractivity contribution in [3.63, 3.8) is 0 Å². The summed E-state index contributed by atoms with van der Waals surface area (Å²) in [4.78, 5) is 26.1. The van der Waals surface area contributed by atoms with Crippen molar-refractivity contribution >= 4 is 33.8 Å². The summed E-state index contributed by atoms with van der Waals surface area (Å²) in [5.41, 5.74) is 0.00510. The van der Waals surface area contributed by atoms with E-state index in [1.165, 1.54) is 16.7 Å². The summed E-state index contributed by atoms with van der Waals surface area (Å²) >= 11 is 1.41. The van der Waals surface area contributed by atoms with Gasteiger partial charge in [-0.1, -0.05) is 6.92 Å². The quantitative estimate of drug-likeness (QED) is 0.308. The minimum atomic E-state index is -3.76. The van der Waals surface area contributed by atoms with E-state index < -0.39 is 28.2 Å². The van der Waals surface area contributed by atoms with Gasteiger partial charge in [-0.3, -0.25) is 4.79 Å². The number of thioether (sulfide) groups is 1. The van der Waals surface area contributed by atoms with Crippen molar-refractivity contribution in [3.8, 4) is 0 Å². The largest absolute Gasteiger partial charge is 0.477 e. The van der Waals surface area contributed by atoms with Crippen molar-refractivity contribution < 1.29 is 28.2 Å². The van der Waals surface area contributed by atoms with E-state index in [1.54, 1.807) is 6.92 Å². The number of carboxylic acid groups (broad SMARTS) is 1. The Hall–Kier alpha value is -1.18. The van der Waals surface area contributed by atoms with E-state index in [1.807, 2.05) is 6.92 Å². The van der Waals surface area contributed by atoms with E-state index >= 15 is 0 Å². The molecule has 0 saturated carbocycles. The molecule has 0 aliphatic carbocycles. The molecule has 0 aromatic carbocycles. The zero-order chi connectivity index (χ0) is 20.1. The lowest BCUT2D eigenvalue weighted by Gasteiger charge is -2.46. The number of aliphatic hydroxyl groups excluding tert-OH is 1. The van der Waals surface area contributed by atoms with Crippen molar-refractivity contribution in [1.82, 2.24) is 14.9 Å². The van der Waals surface area contributed by atoms with Crippen molar-refractivity contribution in [3.05, 3.63) is 10.6 Å². The smallest absolute Gasteiger partial charge is 0.353 e. The SMILES string of the molecule is CC(O)[C@H]1C(=O)N2C(C(=O)O)=C(SC3CNC(CNS(N)(=O)=O)C3)[C@H](C)[C@H]12. The fourth-order valence-corrected chi connectivity index (χ4v) is 6.05. The van der Waals surface area contributed by atoms with Gasteiger partial charge in [0.15, 0.2) is 0 Å². The standard InChI is InChI=1S/C15H24N4O6S2/c1-6-11-10(7(2)20)14(21)19(11)12(15(22)23)13(6)26-9-3-8(17-5-9)4-18-27(16,24)25/h6-11,17-18,20H,3-5H2,1-2H3,(H,22,23)(H2,16,24,25)/t6-,7?,8?,9?,10-,11-/m1/s1. The molecule has 3 unspecified atom stereocenters. The summed E-state index contributed by atoms with van der Waals surface area (Å²) in [5, 5.41) is 27.7. The molecule has 0 aromatic rings. The van der Waals surface area contributed by atoms with Crippen LogP contribution in [0.25, 0.3) is 0 Å². The van der Waals surface area contributed by atoms with Crippen LogP contribution in [0.2, 0.25) is 0 Å². The molecule has 0 aromatic heterocycles. The molecule has 3 aliphatic rings. The van der Waals surface area contributed by atoms with Crippen molar-refractivity contribution in [2.45, 2.75) is 43.7 Å². The van der Waals surface area contributed by atoms with Gasteiger partial charge in [-0.2, -0.15) is 8.42 Å². The summed E-state index contributed by atoms with van der Waals surface area (Å²) in [6.07, 6.45) is -0.197. The van der Waals surface area contributed by atoms with Crippen LogP contribution in [0, 0.1) is 11.8 Å². The minimum Gasteiger partial charge on any atom is -0.477 e. The average molecular weight is 421 g/mol. The molecule has 152 valence electrons. The Morgan fingerprint density at radius 2 is 2.19 bits per heavy atom. The molecular weight excluding hydrogens is 396 g/mol. The third kappa shape index (κ3) is 3.87. The Labute approximate surface area is 161 Å². The maximum atomic E-state index is 12.3. The number of nitrogens with two attached hydrogens (primary N) is 1. The molecule has 10 nitrogen and oxygen atoms in total. The van der Waals surface area contributed by atoms with E-state index in [0.717, 1.165) is 0 Å². The second kappa shape index (κ2) is 7.33. The summed E-state index contributed by atoms with van der Waals surface area (Å²) < 4.78 is 24.3. The molecule has 12 heteroatoms. The van der Waals surface area contributed by atoms with Gasteiger partial charge in [0.05, 0.1) is 18.1 Å². The van der Waals surface area contributed by atoms with E-state index in [9.17, 15) is 28.2 Å². The molecule has 0 radical (unpaired) electrons. The van der Waals surface area contributed by atoms with E-state index in [2.05, 4.69) is 10.0 Å². The Morgan fingerprint density at radius 3 is 2.74 bits per heavy atom. The maximum Gasteiger partial charge on any atom is 0.353 e. The number of hydrogen-bond acceptors (Lipinski definition) is 7. The van der Waals surface area contributed by atoms with Gasteiger partial charge >= 0.3 is 5.97 Å². The zero-order valence-electron chi connectivity index (χ0n) is 15.0. The lowest BCUT2D eigenvalue weighted by molar-refractivity contribution is -0.163. The highest BCUT2D eigenvalue weighted by Crippen LogP contribution is 2.51. The number of aliphatic carboxylic acids is 1. The van der Waals surface area contributed by atoms with Crippen LogP contribution in [-0.4, -0.2) is 71.9 Å². The molecular formula is C15H24N4O6S2. The molecule has 27 heavy (non-hydrogen) atoms. The van der Waals surface area contributed by atoms with Crippen LogP contribution in [0.3, 0.4) is 0 Å². The monoisotopic (exact) mass is 420 g/mol. The first-order chi connectivity index (χ1) is 12.5. The molecule has 3 rings (SSSR count). The number of nitrogens with one attached hydrogen (secondary N) is 2. The highest BCUT2D eigenvalue weighted by atomic mass is 32.2. The zero-order valence-corrected chi connectivity index (χ0v) is 16.6. The van der Waals surface area contributed by atoms with Crippen LogP contribution in [0.15, 0.2) is 10.6 Å². The number of rotatable bonds is 7. The van der Waals surface area contributed by atoms with Crippen LogP contribution >= 0.6 is 11.8 Å². The predicted molar refractivity (Wildman–Crippen MR) is 98.5 cm³/mol. The lowest BCUT2D eigenvalue weighted by atomic mass is 9.79. The van der Waals surface area contributed by atoms with E-state index in [0.29, 0.717) is 17.9 Å². The van der Waals surface area contributed by atoms with Crippen LogP contribution < -0.4 is 15.2 Å². The molecule has 3 heterocycles. The van der Waals surface area contributed by atoms with E-state index in [4.69, 9.17) is 5.14 Å². The normalized spacial score (nSPS) is 34.6. The van der Waals surface area contributed by atoms with E-state index in [-0.39, 0.29) is 41.4 Å². The topological polar surface area (TPSA) is 162 Å². The van der Waals surface area contributed by atoms with Gasteiger partial charge in [0.2, 0.25) is 5.91 Å². The fourth-order valence-electron chi connectivity index (χ4n) is 4.10. The number of aliphatic hydroxyl groups is 1. The average Bonchev–Trinajstić information content (AvgIpc) is 3.07. The highest BCUT2D eigenvalue weighted by molar-refractivity contribution is 8.03. The number of nitrogens with zero attached hydrogens (tertiary/aromatic N) is 1. The van der Waals surface area contributed by atoms with Crippen LogP contribution in [0.4, 0.5) is 0 Å². The number of carbonyl (C=O) groups excluding carboxylic acids is 1. The second-order valence-corrected chi connectivity index (χ2v) is 9.97. The molecule has 6 N–H and O–H groups in total. The number of hydrogen-bond donors (Lipinski definition) is 5. The Bertz CT molecular complexity index is 783. The Balaban J connectivity index is 1.71. The highest BCUT2D eigenvalue weighted by Gasteiger charge is 2.60. The third-order valence-corrected chi connectivity index (χ3v) is 7.40. The first-order valence-electron chi connectivity index (χ1n) is 8.67. The van der Waals surface area contributed by atoms with Gasteiger partial charge in [0.1, 0.15) is 5.70 Å². The Morgan fingerprint density at radius 1 is 1.52 bits per heavy atom. The summed E-state index contributed by atoms with van der Waals surface area (Å²) in [6.45, 7) is 4.17. The van der Waals surface area contributed by atoms with Crippen LogP contribution in [0.5, 0.6) is 0 Å². The third-order valence-electron chi connectivity index (χ3n) is 5.32. The molecule has 1 amide bonds. The summed E-state index contributed by atoms with van der Waals surface area (Å²) in [5.74, 6) is -2.27. The van der Waals surface area contributed by atoms with Gasteiger partial charge in [-0.05, 0) is 13.3 Å². The van der Waals surface area contributed by atoms with Crippen molar-refractivity contribution in [2.75, 3.05) is 13.1 Å². The number of carboxylic acids is 1. The maximum absolute atomic E-state index is 12.3. The molecule has 0 bridgehead atoms. The second-order valence-electron chi connectivity index (χ2n) is 7.25. The van der Waals surface area contributed by atoms with Crippen LogP contribution in [0.1, 0.15) is 20.3 Å². The van der Waals surface area contributed by atoms with Gasteiger partial charge in [0, 0.05) is 35.2 Å². The molecule has 2 fully saturated rings. The van der Waals surface area contributed by atoms with Crippen molar-refractivity contribution in [2.24, 2.45) is 17.0 Å². The summed E-state index contributed by atoms with van der Waals surface area (Å²) in [7, 11) is -3.76. The molecule has 3 aliphatic heterocycles. The Kier molecular flexibility index (Phi) is 5.58. The summed E-state index contributed by atoms with van der Waals surface area (Å²) in [6, 6.07) is -0.435. The van der Waals surface area contributed by atoms with Gasteiger partial charge in [-0.15, -0.1) is 11.8 Å². The number of fused-ring (bicyclic) bond motifs is 1. The molecule has 2 saturated heterocycles.